The number of nitrogens with one attached hydrogen (secondary N) is 1. The number of para-hydroxylation sites is 1. The Morgan fingerprint density at radius 2 is 1.56 bits per heavy atom. The van der Waals surface area contributed by atoms with Crippen molar-refractivity contribution in [2.75, 3.05) is 4.72 Å². The standard InChI is InChI=1S/C12H12N2O2S2/c13-18(15,16)14-11-8-4-5-9-12(11)17-10-6-2-1-3-7-10/h1-9,14H,(H2,13,15,16). The first-order chi connectivity index (χ1) is 8.54. The molecule has 18 heavy (non-hydrogen) atoms. The highest BCUT2D eigenvalue weighted by atomic mass is 32.2. The Morgan fingerprint density at radius 3 is 2.22 bits per heavy atom. The molecule has 0 amide bonds. The van der Waals surface area contributed by atoms with Crippen LogP contribution in [0.15, 0.2) is 64.4 Å². The molecule has 0 aromatic heterocycles. The monoisotopic (exact) mass is 280 g/mol. The maximum Gasteiger partial charge on any atom is 0.296 e. The van der Waals surface area contributed by atoms with Gasteiger partial charge in [0.05, 0.1) is 5.69 Å². The third kappa shape index (κ3) is 3.76. The molecule has 94 valence electrons. The molecule has 0 fully saturated rings. The van der Waals surface area contributed by atoms with Crippen molar-refractivity contribution in [2.45, 2.75) is 9.79 Å². The minimum Gasteiger partial charge on any atom is -0.270 e. The fourth-order valence-electron chi connectivity index (χ4n) is 1.41. The van der Waals surface area contributed by atoms with Gasteiger partial charge in [0, 0.05) is 9.79 Å². The molecule has 2 rings (SSSR count). The van der Waals surface area contributed by atoms with Crippen molar-refractivity contribution in [3.63, 3.8) is 0 Å². The van der Waals surface area contributed by atoms with E-state index < -0.39 is 10.2 Å². The highest BCUT2D eigenvalue weighted by Crippen LogP contribution is 2.33. The maximum atomic E-state index is 11.1. The Hall–Kier alpha value is -1.50. The Bertz CT molecular complexity index is 628. The van der Waals surface area contributed by atoms with E-state index >= 15 is 0 Å². The van der Waals surface area contributed by atoms with Crippen molar-refractivity contribution < 1.29 is 8.42 Å². The Balaban J connectivity index is 2.28. The van der Waals surface area contributed by atoms with E-state index in [0.29, 0.717) is 5.69 Å². The molecule has 4 nitrogen and oxygen atoms in total. The molecule has 0 atom stereocenters. The number of hydrogen-bond donors (Lipinski definition) is 2. The summed E-state index contributed by atoms with van der Waals surface area (Å²) in [6.07, 6.45) is 0. The molecule has 3 N–H and O–H groups in total. The third-order valence-electron chi connectivity index (χ3n) is 2.11. The van der Waals surface area contributed by atoms with Gasteiger partial charge in [0.2, 0.25) is 0 Å². The molecule has 0 radical (unpaired) electrons. The van der Waals surface area contributed by atoms with E-state index in [1.165, 1.54) is 11.8 Å². The Morgan fingerprint density at radius 1 is 0.944 bits per heavy atom. The summed E-state index contributed by atoms with van der Waals surface area (Å²) >= 11 is 1.47. The first-order valence-corrected chi connectivity index (χ1v) is 7.53. The van der Waals surface area contributed by atoms with Crippen LogP contribution < -0.4 is 9.86 Å². The second-order valence-electron chi connectivity index (χ2n) is 3.56. The quantitative estimate of drug-likeness (QED) is 0.903. The van der Waals surface area contributed by atoms with Gasteiger partial charge in [-0.15, -0.1) is 0 Å². The van der Waals surface area contributed by atoms with Crippen molar-refractivity contribution in [3.8, 4) is 0 Å². The molecule has 0 spiro atoms. The van der Waals surface area contributed by atoms with Crippen LogP contribution in [0, 0.1) is 0 Å². The maximum absolute atomic E-state index is 11.1. The molecule has 6 heteroatoms. The summed E-state index contributed by atoms with van der Waals surface area (Å²) in [4.78, 5) is 1.83. The highest BCUT2D eigenvalue weighted by Gasteiger charge is 2.08. The lowest BCUT2D eigenvalue weighted by Gasteiger charge is -2.09. The van der Waals surface area contributed by atoms with Gasteiger partial charge in [0.1, 0.15) is 0 Å². The lowest BCUT2D eigenvalue weighted by Crippen LogP contribution is -2.21. The molecule has 0 saturated carbocycles. The summed E-state index contributed by atoms with van der Waals surface area (Å²) in [6.45, 7) is 0. The van der Waals surface area contributed by atoms with Crippen molar-refractivity contribution in [3.05, 3.63) is 54.6 Å². The summed E-state index contributed by atoms with van der Waals surface area (Å²) in [5.74, 6) is 0. The van der Waals surface area contributed by atoms with Gasteiger partial charge in [-0.3, -0.25) is 4.72 Å². The van der Waals surface area contributed by atoms with E-state index in [9.17, 15) is 8.42 Å². The van der Waals surface area contributed by atoms with Gasteiger partial charge in [-0.25, -0.2) is 5.14 Å². The molecule has 0 aliphatic carbocycles. The van der Waals surface area contributed by atoms with E-state index in [1.54, 1.807) is 12.1 Å². The Kier molecular flexibility index (Phi) is 3.90. The minimum absolute atomic E-state index is 0.480. The van der Waals surface area contributed by atoms with Crippen LogP contribution in [-0.2, 0) is 10.2 Å². The van der Waals surface area contributed by atoms with Crippen molar-refractivity contribution in [1.29, 1.82) is 0 Å². The lowest BCUT2D eigenvalue weighted by atomic mass is 10.3. The van der Waals surface area contributed by atoms with Gasteiger partial charge >= 0.3 is 0 Å². The van der Waals surface area contributed by atoms with E-state index in [1.807, 2.05) is 42.5 Å². The van der Waals surface area contributed by atoms with E-state index in [2.05, 4.69) is 4.72 Å². The SMILES string of the molecule is NS(=O)(=O)Nc1ccccc1Sc1ccccc1. The zero-order valence-corrected chi connectivity index (χ0v) is 11.0. The zero-order valence-electron chi connectivity index (χ0n) is 9.41. The fourth-order valence-corrected chi connectivity index (χ4v) is 2.88. The molecule has 0 aliphatic rings. The summed E-state index contributed by atoms with van der Waals surface area (Å²) in [6, 6.07) is 16.8. The normalized spacial score (nSPS) is 11.2. The summed E-state index contributed by atoms with van der Waals surface area (Å²) in [5, 5.41) is 4.98. The van der Waals surface area contributed by atoms with Crippen LogP contribution in [0.4, 0.5) is 5.69 Å². The topological polar surface area (TPSA) is 72.2 Å². The number of rotatable bonds is 4. The van der Waals surface area contributed by atoms with Crippen molar-refractivity contribution >= 4 is 27.7 Å². The van der Waals surface area contributed by atoms with Crippen LogP contribution in [0.3, 0.4) is 0 Å². The number of nitrogens with two attached hydrogens (primary N) is 1. The van der Waals surface area contributed by atoms with Crippen molar-refractivity contribution in [1.82, 2.24) is 0 Å². The Labute approximate surface area is 110 Å². The summed E-state index contributed by atoms with van der Waals surface area (Å²) < 4.78 is 24.4. The molecule has 2 aromatic rings. The van der Waals surface area contributed by atoms with Crippen LogP contribution in [0.5, 0.6) is 0 Å². The predicted molar refractivity (Wildman–Crippen MR) is 73.7 cm³/mol. The minimum atomic E-state index is -3.76. The average molecular weight is 280 g/mol. The molecular weight excluding hydrogens is 268 g/mol. The van der Waals surface area contributed by atoms with Gasteiger partial charge in [-0.1, -0.05) is 42.1 Å². The molecule has 0 aliphatic heterocycles. The van der Waals surface area contributed by atoms with E-state index in [-0.39, 0.29) is 0 Å². The first-order valence-electron chi connectivity index (χ1n) is 5.17. The average Bonchev–Trinajstić information content (AvgIpc) is 2.31. The predicted octanol–water partition coefficient (Wildman–Crippen LogP) is 2.45. The van der Waals surface area contributed by atoms with Crippen LogP contribution in [0.2, 0.25) is 0 Å². The van der Waals surface area contributed by atoms with Gasteiger partial charge in [-0.2, -0.15) is 8.42 Å². The summed E-state index contributed by atoms with van der Waals surface area (Å²) in [5.41, 5.74) is 0.480. The fraction of sp³-hybridized carbons (Fsp3) is 0. The van der Waals surface area contributed by atoms with Gasteiger partial charge < -0.3 is 0 Å². The summed E-state index contributed by atoms with van der Waals surface area (Å²) in [7, 11) is -3.76. The molecule has 0 bridgehead atoms. The molecule has 2 aromatic carbocycles. The molecular formula is C12H12N2O2S2. The smallest absolute Gasteiger partial charge is 0.270 e. The second kappa shape index (κ2) is 5.43. The first kappa shape index (κ1) is 12.9. The number of anilines is 1. The molecule has 0 saturated heterocycles. The van der Waals surface area contributed by atoms with Crippen LogP contribution in [0.25, 0.3) is 0 Å². The van der Waals surface area contributed by atoms with Gasteiger partial charge in [0.15, 0.2) is 0 Å². The highest BCUT2D eigenvalue weighted by molar-refractivity contribution is 7.99. The van der Waals surface area contributed by atoms with Crippen molar-refractivity contribution in [2.24, 2.45) is 5.14 Å². The van der Waals surface area contributed by atoms with Crippen LogP contribution in [0.1, 0.15) is 0 Å². The van der Waals surface area contributed by atoms with Gasteiger partial charge in [0.25, 0.3) is 10.2 Å². The molecule has 0 unspecified atom stereocenters. The van der Waals surface area contributed by atoms with Gasteiger partial charge in [-0.05, 0) is 24.3 Å². The largest absolute Gasteiger partial charge is 0.296 e. The lowest BCUT2D eigenvalue weighted by molar-refractivity contribution is 0.603. The van der Waals surface area contributed by atoms with Crippen LogP contribution >= 0.6 is 11.8 Å². The zero-order chi connectivity index (χ0) is 13.0. The van der Waals surface area contributed by atoms with E-state index in [0.717, 1.165) is 9.79 Å². The van der Waals surface area contributed by atoms with Crippen LogP contribution in [-0.4, -0.2) is 8.42 Å². The number of hydrogen-bond acceptors (Lipinski definition) is 3. The number of benzene rings is 2. The second-order valence-corrected chi connectivity index (χ2v) is 5.97. The molecule has 0 heterocycles. The van der Waals surface area contributed by atoms with E-state index in [4.69, 9.17) is 5.14 Å². The third-order valence-corrected chi connectivity index (χ3v) is 3.70.